The molecule has 1 N–H and O–H groups in total. The van der Waals surface area contributed by atoms with Crippen molar-refractivity contribution in [2.75, 3.05) is 33.4 Å². The van der Waals surface area contributed by atoms with E-state index in [1.807, 2.05) is 0 Å². The standard InChI is InChI=1S/C17H22F2N2O4/c1-12(22)21-6-7-25-11-17(10-21,24-2)8-15(23)20-9-13-4-3-5-14(18)16(13)19/h3-5H,6-11H2,1-2H3,(H,20,23)/t17-/m1/s1. The van der Waals surface area contributed by atoms with Crippen LogP contribution in [0, 0.1) is 11.6 Å². The highest BCUT2D eigenvalue weighted by Crippen LogP contribution is 2.21. The Bertz CT molecular complexity index is 641. The van der Waals surface area contributed by atoms with E-state index < -0.39 is 23.1 Å². The van der Waals surface area contributed by atoms with Crippen molar-refractivity contribution in [3.05, 3.63) is 35.4 Å². The Hall–Kier alpha value is -2.06. The van der Waals surface area contributed by atoms with Gasteiger partial charge in [-0.1, -0.05) is 12.1 Å². The average Bonchev–Trinajstić information content (AvgIpc) is 2.79. The normalized spacial score (nSPS) is 20.9. The maximum Gasteiger partial charge on any atom is 0.223 e. The van der Waals surface area contributed by atoms with Crippen molar-refractivity contribution in [3.8, 4) is 0 Å². The molecule has 0 unspecified atom stereocenters. The lowest BCUT2D eigenvalue weighted by Crippen LogP contribution is -2.50. The number of rotatable bonds is 5. The fourth-order valence-corrected chi connectivity index (χ4v) is 2.71. The maximum absolute atomic E-state index is 13.6. The van der Waals surface area contributed by atoms with E-state index in [1.165, 1.54) is 26.2 Å². The number of hydrogen-bond acceptors (Lipinski definition) is 4. The molecule has 1 aromatic rings. The van der Waals surface area contributed by atoms with E-state index in [9.17, 15) is 18.4 Å². The monoisotopic (exact) mass is 356 g/mol. The Balaban J connectivity index is 2.01. The first-order chi connectivity index (χ1) is 11.9. The first kappa shape index (κ1) is 19.3. The second kappa shape index (κ2) is 8.35. The Kier molecular flexibility index (Phi) is 6.44. The van der Waals surface area contributed by atoms with Crippen LogP contribution in [0.2, 0.25) is 0 Å². The zero-order valence-electron chi connectivity index (χ0n) is 14.3. The second-order valence-corrected chi connectivity index (χ2v) is 6.05. The molecule has 1 atom stereocenters. The summed E-state index contributed by atoms with van der Waals surface area (Å²) >= 11 is 0. The number of halogens is 2. The van der Waals surface area contributed by atoms with Crippen LogP contribution in [0.4, 0.5) is 8.78 Å². The number of nitrogens with zero attached hydrogens (tertiary/aromatic N) is 1. The topological polar surface area (TPSA) is 67.9 Å². The zero-order chi connectivity index (χ0) is 18.4. The summed E-state index contributed by atoms with van der Waals surface area (Å²) in [5.41, 5.74) is -0.922. The summed E-state index contributed by atoms with van der Waals surface area (Å²) in [7, 11) is 1.45. The number of methoxy groups -OCH3 is 1. The van der Waals surface area contributed by atoms with Gasteiger partial charge in [0.1, 0.15) is 5.60 Å². The average molecular weight is 356 g/mol. The Morgan fingerprint density at radius 1 is 1.40 bits per heavy atom. The van der Waals surface area contributed by atoms with E-state index in [1.54, 1.807) is 4.90 Å². The van der Waals surface area contributed by atoms with E-state index in [4.69, 9.17) is 9.47 Å². The summed E-state index contributed by atoms with van der Waals surface area (Å²) < 4.78 is 37.8. The molecule has 0 aromatic heterocycles. The summed E-state index contributed by atoms with van der Waals surface area (Å²) in [5.74, 6) is -2.48. The lowest BCUT2D eigenvalue weighted by molar-refractivity contribution is -0.139. The molecule has 2 amide bonds. The Morgan fingerprint density at radius 3 is 2.84 bits per heavy atom. The van der Waals surface area contributed by atoms with Gasteiger partial charge in [0.05, 0.1) is 26.2 Å². The fraction of sp³-hybridized carbons (Fsp3) is 0.529. The highest BCUT2D eigenvalue weighted by atomic mass is 19.2. The quantitative estimate of drug-likeness (QED) is 0.862. The van der Waals surface area contributed by atoms with Crippen LogP contribution in [0.5, 0.6) is 0 Å². The summed E-state index contributed by atoms with van der Waals surface area (Å²) in [5, 5.41) is 2.55. The fourth-order valence-electron chi connectivity index (χ4n) is 2.71. The van der Waals surface area contributed by atoms with E-state index in [2.05, 4.69) is 5.32 Å². The Labute approximate surface area is 145 Å². The number of carbonyl (C=O) groups excluding carboxylic acids is 2. The van der Waals surface area contributed by atoms with Gasteiger partial charge < -0.3 is 19.7 Å². The zero-order valence-corrected chi connectivity index (χ0v) is 14.3. The summed E-state index contributed by atoms with van der Waals surface area (Å²) in [4.78, 5) is 25.5. The van der Waals surface area contributed by atoms with Crippen LogP contribution >= 0.6 is 0 Å². The lowest BCUT2D eigenvalue weighted by Gasteiger charge is -2.33. The Morgan fingerprint density at radius 2 is 2.16 bits per heavy atom. The van der Waals surface area contributed by atoms with Crippen molar-refractivity contribution in [2.24, 2.45) is 0 Å². The number of carbonyl (C=O) groups is 2. The molecule has 25 heavy (non-hydrogen) atoms. The number of nitrogens with one attached hydrogen (secondary N) is 1. The van der Waals surface area contributed by atoms with Gasteiger partial charge in [0.15, 0.2) is 11.6 Å². The van der Waals surface area contributed by atoms with Crippen molar-refractivity contribution in [1.29, 1.82) is 0 Å². The van der Waals surface area contributed by atoms with Crippen LogP contribution in [0.15, 0.2) is 18.2 Å². The molecular weight excluding hydrogens is 334 g/mol. The van der Waals surface area contributed by atoms with Crippen LogP contribution in [0.1, 0.15) is 18.9 Å². The third-order valence-corrected chi connectivity index (χ3v) is 4.22. The van der Waals surface area contributed by atoms with Gasteiger partial charge in [0.2, 0.25) is 11.8 Å². The maximum atomic E-state index is 13.6. The first-order valence-electron chi connectivity index (χ1n) is 7.95. The van der Waals surface area contributed by atoms with Gasteiger partial charge in [-0.2, -0.15) is 0 Å². The largest absolute Gasteiger partial charge is 0.377 e. The highest BCUT2D eigenvalue weighted by Gasteiger charge is 2.38. The predicted octanol–water partition coefficient (Wildman–Crippen LogP) is 1.23. The summed E-state index contributed by atoms with van der Waals surface area (Å²) in [6, 6.07) is 3.79. The van der Waals surface area contributed by atoms with Gasteiger partial charge in [0.25, 0.3) is 0 Å². The van der Waals surface area contributed by atoms with E-state index in [0.717, 1.165) is 6.07 Å². The molecule has 1 aliphatic rings. The van der Waals surface area contributed by atoms with Gasteiger partial charge in [-0.3, -0.25) is 9.59 Å². The molecule has 2 rings (SSSR count). The molecule has 6 nitrogen and oxygen atoms in total. The van der Waals surface area contributed by atoms with E-state index in [0.29, 0.717) is 13.2 Å². The van der Waals surface area contributed by atoms with Gasteiger partial charge >= 0.3 is 0 Å². The molecule has 1 heterocycles. The summed E-state index contributed by atoms with van der Waals surface area (Å²) in [6.07, 6.45) is -0.0653. The van der Waals surface area contributed by atoms with Gasteiger partial charge in [-0.25, -0.2) is 8.78 Å². The molecule has 1 aliphatic heterocycles. The third-order valence-electron chi connectivity index (χ3n) is 4.22. The molecule has 0 bridgehead atoms. The van der Waals surface area contributed by atoms with Crippen LogP contribution < -0.4 is 5.32 Å². The van der Waals surface area contributed by atoms with Gasteiger partial charge in [-0.15, -0.1) is 0 Å². The SMILES string of the molecule is CO[C@@]1(CC(=O)NCc2cccc(F)c2F)COCCN(C(C)=O)C1. The molecular formula is C17H22F2N2O4. The molecule has 8 heteroatoms. The van der Waals surface area contributed by atoms with Crippen molar-refractivity contribution >= 4 is 11.8 Å². The van der Waals surface area contributed by atoms with Crippen molar-refractivity contribution < 1.29 is 27.8 Å². The second-order valence-electron chi connectivity index (χ2n) is 6.05. The number of benzene rings is 1. The molecule has 138 valence electrons. The molecule has 0 saturated carbocycles. The van der Waals surface area contributed by atoms with Crippen molar-refractivity contribution in [2.45, 2.75) is 25.5 Å². The van der Waals surface area contributed by atoms with Crippen LogP contribution in [-0.4, -0.2) is 55.7 Å². The van der Waals surface area contributed by atoms with Crippen LogP contribution in [0.3, 0.4) is 0 Å². The smallest absolute Gasteiger partial charge is 0.223 e. The third kappa shape index (κ3) is 4.96. The van der Waals surface area contributed by atoms with Crippen molar-refractivity contribution in [3.63, 3.8) is 0 Å². The highest BCUT2D eigenvalue weighted by molar-refractivity contribution is 5.77. The number of amides is 2. The lowest BCUT2D eigenvalue weighted by atomic mass is 9.99. The molecule has 1 saturated heterocycles. The molecule has 0 spiro atoms. The molecule has 1 fully saturated rings. The predicted molar refractivity (Wildman–Crippen MR) is 85.6 cm³/mol. The molecule has 1 aromatic carbocycles. The van der Waals surface area contributed by atoms with Gasteiger partial charge in [0, 0.05) is 32.7 Å². The van der Waals surface area contributed by atoms with Crippen LogP contribution in [0.25, 0.3) is 0 Å². The number of ether oxygens (including phenoxy) is 2. The minimum atomic E-state index is -0.982. The summed E-state index contributed by atoms with van der Waals surface area (Å²) in [6.45, 7) is 2.48. The van der Waals surface area contributed by atoms with Crippen LogP contribution in [-0.2, 0) is 25.6 Å². The minimum Gasteiger partial charge on any atom is -0.377 e. The molecule has 0 radical (unpaired) electrons. The molecule has 0 aliphatic carbocycles. The van der Waals surface area contributed by atoms with E-state index in [-0.39, 0.29) is 37.6 Å². The first-order valence-corrected chi connectivity index (χ1v) is 7.95. The van der Waals surface area contributed by atoms with Gasteiger partial charge in [-0.05, 0) is 6.07 Å². The van der Waals surface area contributed by atoms with Crippen molar-refractivity contribution in [1.82, 2.24) is 10.2 Å². The number of hydrogen-bond donors (Lipinski definition) is 1. The minimum absolute atomic E-state index is 0.0577. The van der Waals surface area contributed by atoms with E-state index >= 15 is 0 Å².